The van der Waals surface area contributed by atoms with Crippen molar-refractivity contribution in [3.8, 4) is 22.6 Å². The fourth-order valence-corrected chi connectivity index (χ4v) is 4.04. The minimum absolute atomic E-state index is 0.0354. The molecule has 0 saturated carbocycles. The molecule has 216 valence electrons. The molecule has 1 aliphatic rings. The van der Waals surface area contributed by atoms with Gasteiger partial charge in [-0.25, -0.2) is 4.79 Å². The third kappa shape index (κ3) is 8.78. The molecule has 0 fully saturated rings. The van der Waals surface area contributed by atoms with E-state index in [2.05, 4.69) is 30.8 Å². The van der Waals surface area contributed by atoms with Crippen molar-refractivity contribution < 1.29 is 33.7 Å². The molecule has 0 unspecified atom stereocenters. The van der Waals surface area contributed by atoms with Crippen molar-refractivity contribution >= 4 is 29.9 Å². The molecule has 8 nitrogen and oxygen atoms in total. The molecule has 0 spiro atoms. The third-order valence-electron chi connectivity index (χ3n) is 6.41. The first-order chi connectivity index (χ1) is 20.4. The number of carbonyl (C=O) groups is 3. The first kappa shape index (κ1) is 30.0. The van der Waals surface area contributed by atoms with Crippen LogP contribution in [0.15, 0.2) is 97.1 Å². The predicted molar refractivity (Wildman–Crippen MR) is 161 cm³/mol. The molecule has 4 rings (SSSR count). The van der Waals surface area contributed by atoms with Crippen LogP contribution in [0.25, 0.3) is 23.3 Å². The highest BCUT2D eigenvalue weighted by molar-refractivity contribution is 6.12. The Morgan fingerprint density at radius 3 is 1.74 bits per heavy atom. The van der Waals surface area contributed by atoms with Gasteiger partial charge in [0.15, 0.2) is 0 Å². The minimum Gasteiger partial charge on any atom is -0.494 e. The van der Waals surface area contributed by atoms with E-state index in [4.69, 9.17) is 19.3 Å². The lowest BCUT2D eigenvalue weighted by Crippen LogP contribution is -2.31. The molecule has 3 aromatic carbocycles. The lowest BCUT2D eigenvalue weighted by molar-refractivity contribution is -0.140. The van der Waals surface area contributed by atoms with Crippen molar-refractivity contribution in [1.82, 2.24) is 4.90 Å². The number of aliphatic hydroxyl groups excluding tert-OH is 1. The second-order valence-electron chi connectivity index (χ2n) is 9.51. The maximum absolute atomic E-state index is 11.6. The predicted octanol–water partition coefficient (Wildman–Crippen LogP) is 5.08. The second-order valence-corrected chi connectivity index (χ2v) is 9.51. The first-order valence-corrected chi connectivity index (χ1v) is 13.7. The Balaban J connectivity index is 1.18. The largest absolute Gasteiger partial charge is 0.494 e. The molecule has 1 heterocycles. The topological polar surface area (TPSA) is 102 Å². The Morgan fingerprint density at radius 2 is 1.19 bits per heavy atom. The van der Waals surface area contributed by atoms with Gasteiger partial charge in [0.2, 0.25) is 0 Å². The van der Waals surface area contributed by atoms with Crippen LogP contribution in [0.3, 0.4) is 0 Å². The molecule has 1 N–H and O–H groups in total. The standard InChI is InChI=1S/C34H33NO7/c1-25(24-36)34(39)42-23-3-22-41-30-14-8-27(9-15-30)5-4-26-6-10-28(11-7-26)29-12-16-31(17-13-29)40-21-2-20-35-32(37)18-19-33(35)38/h4-19,36H,1-3,20-24H2/b5-4+. The number of rotatable bonds is 15. The van der Waals surface area contributed by atoms with E-state index >= 15 is 0 Å². The highest BCUT2D eigenvalue weighted by atomic mass is 16.5. The summed E-state index contributed by atoms with van der Waals surface area (Å²) >= 11 is 0. The smallest absolute Gasteiger partial charge is 0.335 e. The van der Waals surface area contributed by atoms with E-state index in [1.165, 1.54) is 17.1 Å². The zero-order chi connectivity index (χ0) is 29.7. The van der Waals surface area contributed by atoms with Crippen LogP contribution >= 0.6 is 0 Å². The maximum atomic E-state index is 11.6. The van der Waals surface area contributed by atoms with Crippen molar-refractivity contribution in [1.29, 1.82) is 0 Å². The van der Waals surface area contributed by atoms with E-state index in [1.807, 2.05) is 60.7 Å². The number of nitrogens with zero attached hydrogens (tertiary/aromatic N) is 1. The quantitative estimate of drug-likeness (QED) is 0.0899. The molecule has 1 aliphatic heterocycles. The van der Waals surface area contributed by atoms with Gasteiger partial charge in [-0.2, -0.15) is 0 Å². The molecule has 0 aliphatic carbocycles. The van der Waals surface area contributed by atoms with Gasteiger partial charge in [0.25, 0.3) is 11.8 Å². The first-order valence-electron chi connectivity index (χ1n) is 13.7. The number of amides is 2. The van der Waals surface area contributed by atoms with Crippen LogP contribution in [0.5, 0.6) is 11.5 Å². The molecule has 3 aromatic rings. The fraction of sp³-hybridized carbons (Fsp3) is 0.206. The minimum atomic E-state index is -0.594. The molecule has 0 saturated heterocycles. The van der Waals surface area contributed by atoms with Gasteiger partial charge in [0.1, 0.15) is 11.5 Å². The molecular formula is C34H33NO7. The monoisotopic (exact) mass is 567 g/mol. The van der Waals surface area contributed by atoms with Gasteiger partial charge in [-0.05, 0) is 52.9 Å². The van der Waals surface area contributed by atoms with Crippen molar-refractivity contribution in [3.63, 3.8) is 0 Å². The van der Waals surface area contributed by atoms with E-state index in [0.717, 1.165) is 33.8 Å². The average Bonchev–Trinajstić information content (AvgIpc) is 3.35. The summed E-state index contributed by atoms with van der Waals surface area (Å²) in [6.45, 7) is 4.37. The summed E-state index contributed by atoms with van der Waals surface area (Å²) < 4.78 is 16.4. The summed E-state index contributed by atoms with van der Waals surface area (Å²) in [4.78, 5) is 35.8. The van der Waals surface area contributed by atoms with Crippen molar-refractivity contribution in [2.75, 3.05) is 33.0 Å². The van der Waals surface area contributed by atoms with Gasteiger partial charge >= 0.3 is 5.97 Å². The Morgan fingerprint density at radius 1 is 0.714 bits per heavy atom. The second kappa shape index (κ2) is 15.2. The zero-order valence-electron chi connectivity index (χ0n) is 23.2. The van der Waals surface area contributed by atoms with Gasteiger partial charge in [0.05, 0.1) is 32.0 Å². The van der Waals surface area contributed by atoms with E-state index in [0.29, 0.717) is 32.6 Å². The number of hydrogen-bond acceptors (Lipinski definition) is 7. The number of imide groups is 1. The molecule has 0 atom stereocenters. The van der Waals surface area contributed by atoms with E-state index in [1.54, 1.807) is 0 Å². The number of aliphatic hydroxyl groups is 1. The van der Waals surface area contributed by atoms with Gasteiger partial charge in [0, 0.05) is 25.1 Å². The summed E-state index contributed by atoms with van der Waals surface area (Å²) in [5, 5.41) is 8.85. The highest BCUT2D eigenvalue weighted by Gasteiger charge is 2.22. The van der Waals surface area contributed by atoms with E-state index in [9.17, 15) is 14.4 Å². The summed E-state index contributed by atoms with van der Waals surface area (Å²) in [6.07, 6.45) is 7.75. The number of esters is 1. The lowest BCUT2D eigenvalue weighted by Gasteiger charge is -2.13. The summed E-state index contributed by atoms with van der Waals surface area (Å²) in [7, 11) is 0. The molecule has 0 bridgehead atoms. The summed E-state index contributed by atoms with van der Waals surface area (Å²) in [5.74, 6) is 0.323. The molecule has 2 amide bonds. The van der Waals surface area contributed by atoms with Crippen molar-refractivity contribution in [2.45, 2.75) is 12.8 Å². The average molecular weight is 568 g/mol. The lowest BCUT2D eigenvalue weighted by atomic mass is 10.0. The summed E-state index contributed by atoms with van der Waals surface area (Å²) in [6, 6.07) is 23.8. The number of hydrogen-bond donors (Lipinski definition) is 1. The van der Waals surface area contributed by atoms with Gasteiger partial charge < -0.3 is 19.3 Å². The number of carbonyl (C=O) groups excluding carboxylic acids is 3. The van der Waals surface area contributed by atoms with E-state index < -0.39 is 12.6 Å². The molecule has 0 radical (unpaired) electrons. The zero-order valence-corrected chi connectivity index (χ0v) is 23.2. The van der Waals surface area contributed by atoms with Crippen LogP contribution in [0.1, 0.15) is 24.0 Å². The van der Waals surface area contributed by atoms with Gasteiger partial charge in [-0.15, -0.1) is 0 Å². The Kier molecular flexibility index (Phi) is 10.8. The molecule has 8 heteroatoms. The van der Waals surface area contributed by atoms with Gasteiger partial charge in [-0.1, -0.05) is 67.3 Å². The SMILES string of the molecule is C=C(CO)C(=O)OCCCOc1ccc(/C=C/c2ccc(-c3ccc(OCCCN4C(=O)C=CC4=O)cc3)cc2)cc1. The van der Waals surface area contributed by atoms with Crippen LogP contribution < -0.4 is 9.47 Å². The number of benzene rings is 3. The van der Waals surface area contributed by atoms with Crippen LogP contribution in [-0.4, -0.2) is 60.8 Å². The number of ether oxygens (including phenoxy) is 3. The van der Waals surface area contributed by atoms with E-state index in [-0.39, 0.29) is 24.0 Å². The highest BCUT2D eigenvalue weighted by Crippen LogP contribution is 2.24. The fourth-order valence-electron chi connectivity index (χ4n) is 4.04. The molecular weight excluding hydrogens is 534 g/mol. The third-order valence-corrected chi connectivity index (χ3v) is 6.41. The molecule has 0 aromatic heterocycles. The molecule has 42 heavy (non-hydrogen) atoms. The Labute approximate surface area is 245 Å². The maximum Gasteiger partial charge on any atom is 0.335 e. The van der Waals surface area contributed by atoms with Crippen molar-refractivity contribution in [3.05, 3.63) is 108 Å². The Hall–Kier alpha value is -4.95. The van der Waals surface area contributed by atoms with Crippen molar-refractivity contribution in [2.24, 2.45) is 0 Å². The Bertz CT molecular complexity index is 1420. The van der Waals surface area contributed by atoms with Crippen LogP contribution in [0.2, 0.25) is 0 Å². The summed E-state index contributed by atoms with van der Waals surface area (Å²) in [5.41, 5.74) is 4.30. The van der Waals surface area contributed by atoms with Crippen LogP contribution in [0, 0.1) is 0 Å². The van der Waals surface area contributed by atoms with Gasteiger partial charge in [-0.3, -0.25) is 14.5 Å². The van der Waals surface area contributed by atoms with Crippen LogP contribution in [-0.2, 0) is 19.1 Å². The van der Waals surface area contributed by atoms with Crippen LogP contribution in [0.4, 0.5) is 0 Å². The normalized spacial score (nSPS) is 12.6.